The number of fused-ring (bicyclic) bond motifs is 1. The molecule has 0 amide bonds. The highest BCUT2D eigenvalue weighted by Crippen LogP contribution is 2.22. The molecule has 1 heterocycles. The van der Waals surface area contributed by atoms with Gasteiger partial charge in [-0.2, -0.15) is 0 Å². The van der Waals surface area contributed by atoms with E-state index < -0.39 is 11.9 Å². The smallest absolute Gasteiger partial charge is 0.310 e. The van der Waals surface area contributed by atoms with E-state index in [2.05, 4.69) is 4.98 Å². The van der Waals surface area contributed by atoms with Crippen molar-refractivity contribution in [2.45, 2.75) is 19.8 Å². The van der Waals surface area contributed by atoms with Gasteiger partial charge in [-0.3, -0.25) is 9.59 Å². The summed E-state index contributed by atoms with van der Waals surface area (Å²) in [6.07, 6.45) is 0. The third-order valence-corrected chi connectivity index (χ3v) is 2.94. The van der Waals surface area contributed by atoms with E-state index in [1.807, 2.05) is 13.0 Å². The molecule has 4 nitrogen and oxygen atoms in total. The van der Waals surface area contributed by atoms with Crippen LogP contribution in [0.5, 0.6) is 0 Å². The summed E-state index contributed by atoms with van der Waals surface area (Å²) in [6, 6.07) is 6.81. The monoisotopic (exact) mass is 231 g/mol. The second-order valence-corrected chi connectivity index (χ2v) is 4.18. The fourth-order valence-electron chi connectivity index (χ4n) is 1.85. The van der Waals surface area contributed by atoms with E-state index in [1.54, 1.807) is 19.1 Å². The molecule has 0 aliphatic rings. The Morgan fingerprint density at radius 3 is 2.71 bits per heavy atom. The molecule has 1 unspecified atom stereocenters. The van der Waals surface area contributed by atoms with Crippen LogP contribution in [0, 0.1) is 6.92 Å². The summed E-state index contributed by atoms with van der Waals surface area (Å²) >= 11 is 0. The molecule has 88 valence electrons. The normalized spacial score (nSPS) is 12.6. The summed E-state index contributed by atoms with van der Waals surface area (Å²) in [5.41, 5.74) is 2.17. The molecule has 1 aromatic carbocycles. The van der Waals surface area contributed by atoms with E-state index in [0.717, 1.165) is 22.0 Å². The van der Waals surface area contributed by atoms with Gasteiger partial charge >= 0.3 is 5.97 Å². The second kappa shape index (κ2) is 4.05. The van der Waals surface area contributed by atoms with Crippen molar-refractivity contribution >= 4 is 16.9 Å². The number of aliphatic carboxylic acids is 1. The van der Waals surface area contributed by atoms with Gasteiger partial charge in [0, 0.05) is 17.0 Å². The number of rotatable bonds is 2. The zero-order valence-electron chi connectivity index (χ0n) is 9.65. The topological polar surface area (TPSA) is 70.2 Å². The maximum atomic E-state index is 11.3. The van der Waals surface area contributed by atoms with Crippen molar-refractivity contribution in [2.75, 3.05) is 0 Å². The number of carbonyl (C=O) groups is 1. The molecule has 1 atom stereocenters. The first-order valence-electron chi connectivity index (χ1n) is 5.35. The fraction of sp³-hybridized carbons (Fsp3) is 0.231. The van der Waals surface area contributed by atoms with Gasteiger partial charge in [0.05, 0.1) is 5.92 Å². The lowest BCUT2D eigenvalue weighted by molar-refractivity contribution is -0.138. The summed E-state index contributed by atoms with van der Waals surface area (Å²) < 4.78 is 0. The lowest BCUT2D eigenvalue weighted by atomic mass is 9.98. The summed E-state index contributed by atoms with van der Waals surface area (Å²) in [7, 11) is 0. The van der Waals surface area contributed by atoms with Crippen LogP contribution >= 0.6 is 0 Å². The molecule has 4 heteroatoms. The summed E-state index contributed by atoms with van der Waals surface area (Å²) in [4.78, 5) is 24.9. The Kier molecular flexibility index (Phi) is 2.71. The van der Waals surface area contributed by atoms with Gasteiger partial charge in [-0.25, -0.2) is 0 Å². The molecule has 0 aliphatic carbocycles. The first-order valence-corrected chi connectivity index (χ1v) is 5.35. The van der Waals surface area contributed by atoms with Gasteiger partial charge < -0.3 is 10.1 Å². The SMILES string of the molecule is Cc1cc(=O)[nH]c2ccc(C(C)C(=O)O)cc12. The molecular weight excluding hydrogens is 218 g/mol. The van der Waals surface area contributed by atoms with E-state index in [-0.39, 0.29) is 5.56 Å². The van der Waals surface area contributed by atoms with Crippen molar-refractivity contribution in [1.82, 2.24) is 4.98 Å². The zero-order chi connectivity index (χ0) is 12.6. The van der Waals surface area contributed by atoms with E-state index >= 15 is 0 Å². The molecule has 1 aromatic heterocycles. The summed E-state index contributed by atoms with van der Waals surface area (Å²) in [5, 5.41) is 9.85. The van der Waals surface area contributed by atoms with Crippen molar-refractivity contribution in [3.63, 3.8) is 0 Å². The van der Waals surface area contributed by atoms with Gasteiger partial charge in [-0.1, -0.05) is 6.07 Å². The highest BCUT2D eigenvalue weighted by atomic mass is 16.4. The highest BCUT2D eigenvalue weighted by molar-refractivity contribution is 5.84. The first-order chi connectivity index (χ1) is 7.99. The van der Waals surface area contributed by atoms with Crippen molar-refractivity contribution in [3.8, 4) is 0 Å². The lowest BCUT2D eigenvalue weighted by Crippen LogP contribution is -2.09. The number of benzene rings is 1. The van der Waals surface area contributed by atoms with Crippen LogP contribution in [-0.2, 0) is 4.79 Å². The van der Waals surface area contributed by atoms with Gasteiger partial charge in [-0.15, -0.1) is 0 Å². The predicted molar refractivity (Wildman–Crippen MR) is 65.4 cm³/mol. The number of aromatic nitrogens is 1. The highest BCUT2D eigenvalue weighted by Gasteiger charge is 2.14. The van der Waals surface area contributed by atoms with Gasteiger partial charge in [0.25, 0.3) is 0 Å². The molecule has 17 heavy (non-hydrogen) atoms. The van der Waals surface area contributed by atoms with Crippen LogP contribution in [0.25, 0.3) is 10.9 Å². The van der Waals surface area contributed by atoms with Crippen molar-refractivity contribution < 1.29 is 9.90 Å². The van der Waals surface area contributed by atoms with Gasteiger partial charge in [-0.05, 0) is 37.1 Å². The summed E-state index contributed by atoms with van der Waals surface area (Å²) in [5.74, 6) is -1.41. The molecular formula is C13H13NO3. The Morgan fingerprint density at radius 1 is 1.35 bits per heavy atom. The number of hydrogen-bond donors (Lipinski definition) is 2. The molecule has 0 bridgehead atoms. The third kappa shape index (κ3) is 2.06. The number of carboxylic acids is 1. The zero-order valence-corrected chi connectivity index (χ0v) is 9.65. The molecule has 0 spiro atoms. The Hall–Kier alpha value is -2.10. The molecule has 2 aromatic rings. The third-order valence-electron chi connectivity index (χ3n) is 2.94. The lowest BCUT2D eigenvalue weighted by Gasteiger charge is -2.09. The minimum absolute atomic E-state index is 0.144. The minimum atomic E-state index is -0.855. The maximum absolute atomic E-state index is 11.3. The average molecular weight is 231 g/mol. The number of aryl methyl sites for hydroxylation is 1. The number of H-pyrrole nitrogens is 1. The Bertz CT molecular complexity index is 643. The largest absolute Gasteiger partial charge is 0.481 e. The van der Waals surface area contributed by atoms with Crippen LogP contribution in [0.2, 0.25) is 0 Å². The minimum Gasteiger partial charge on any atom is -0.481 e. The number of pyridine rings is 1. The van der Waals surface area contributed by atoms with Gasteiger partial charge in [0.2, 0.25) is 5.56 Å². The maximum Gasteiger partial charge on any atom is 0.310 e. The number of nitrogens with one attached hydrogen (secondary N) is 1. The standard InChI is InChI=1S/C13H13NO3/c1-7-5-12(15)14-11-4-3-9(6-10(7)11)8(2)13(16)17/h3-6,8H,1-2H3,(H,14,15)(H,16,17). The predicted octanol–water partition coefficient (Wildman–Crippen LogP) is 2.02. The number of hydrogen-bond acceptors (Lipinski definition) is 2. The second-order valence-electron chi connectivity index (χ2n) is 4.18. The molecule has 0 aliphatic heterocycles. The molecule has 2 rings (SSSR count). The Morgan fingerprint density at radius 2 is 2.06 bits per heavy atom. The Labute approximate surface area is 97.9 Å². The van der Waals surface area contributed by atoms with Crippen LogP contribution in [0.1, 0.15) is 24.0 Å². The molecule has 0 fully saturated rings. The van der Waals surface area contributed by atoms with Crippen LogP contribution in [0.3, 0.4) is 0 Å². The van der Waals surface area contributed by atoms with Crippen LogP contribution in [0.15, 0.2) is 29.1 Å². The van der Waals surface area contributed by atoms with Crippen LogP contribution in [0.4, 0.5) is 0 Å². The van der Waals surface area contributed by atoms with E-state index in [4.69, 9.17) is 5.11 Å². The van der Waals surface area contributed by atoms with Crippen molar-refractivity contribution in [1.29, 1.82) is 0 Å². The Balaban J connectivity index is 2.66. The van der Waals surface area contributed by atoms with Gasteiger partial charge in [0.1, 0.15) is 0 Å². The van der Waals surface area contributed by atoms with Crippen LogP contribution in [-0.4, -0.2) is 16.1 Å². The average Bonchev–Trinajstić information content (AvgIpc) is 2.27. The quantitative estimate of drug-likeness (QED) is 0.830. The van der Waals surface area contributed by atoms with E-state index in [0.29, 0.717) is 0 Å². The van der Waals surface area contributed by atoms with E-state index in [9.17, 15) is 9.59 Å². The summed E-state index contributed by atoms with van der Waals surface area (Å²) in [6.45, 7) is 3.48. The van der Waals surface area contributed by atoms with Crippen LogP contribution < -0.4 is 5.56 Å². The number of aromatic amines is 1. The van der Waals surface area contributed by atoms with Gasteiger partial charge in [0.15, 0.2) is 0 Å². The molecule has 2 N–H and O–H groups in total. The number of carboxylic acid groups (broad SMARTS) is 1. The van der Waals surface area contributed by atoms with Crippen molar-refractivity contribution in [2.24, 2.45) is 0 Å². The molecule has 0 saturated carbocycles. The first kappa shape index (κ1) is 11.4. The van der Waals surface area contributed by atoms with Crippen molar-refractivity contribution in [3.05, 3.63) is 45.7 Å². The van der Waals surface area contributed by atoms with E-state index in [1.165, 1.54) is 6.07 Å². The molecule has 0 radical (unpaired) electrons. The molecule has 0 saturated heterocycles. The fourth-order valence-corrected chi connectivity index (χ4v) is 1.85.